The molecule has 3 aromatic rings. The van der Waals surface area contributed by atoms with Crippen LogP contribution in [0.25, 0.3) is 22.0 Å². The number of amides is 1. The molecule has 0 aliphatic rings. The Morgan fingerprint density at radius 3 is 2.63 bits per heavy atom. The van der Waals surface area contributed by atoms with Gasteiger partial charge in [-0.2, -0.15) is 18.3 Å². The van der Waals surface area contributed by atoms with Crippen LogP contribution >= 0.6 is 0 Å². The molecule has 0 atom stereocenters. The second kappa shape index (κ2) is 6.78. The summed E-state index contributed by atoms with van der Waals surface area (Å²) < 4.78 is 57.8. The number of carbonyl (C=O) groups is 1. The minimum absolute atomic E-state index is 0.139. The van der Waals surface area contributed by atoms with Crippen LogP contribution in [0.4, 0.5) is 23.4 Å². The zero-order valence-corrected chi connectivity index (χ0v) is 13.8. The minimum atomic E-state index is -4.57. The summed E-state index contributed by atoms with van der Waals surface area (Å²) in [5.74, 6) is -1.55. The highest BCUT2D eigenvalue weighted by Crippen LogP contribution is 2.36. The predicted octanol–water partition coefficient (Wildman–Crippen LogP) is 2.85. The monoisotopic (exact) mass is 382 g/mol. The minimum Gasteiger partial charge on any atom is -0.483 e. The number of carbonyl (C=O) groups excluding carboxylic acids is 1. The van der Waals surface area contributed by atoms with E-state index in [-0.39, 0.29) is 29.2 Å². The van der Waals surface area contributed by atoms with Crippen molar-refractivity contribution >= 4 is 22.6 Å². The molecule has 0 saturated heterocycles. The highest BCUT2D eigenvalue weighted by Gasteiger charge is 2.29. The lowest BCUT2D eigenvalue weighted by Crippen LogP contribution is -2.19. The SMILES string of the molecule is NC(=O)Cn1nc(N)c2ccc(-c3c(F)cccc3OCC(F)(F)F)cc21. The van der Waals surface area contributed by atoms with Gasteiger partial charge in [0.1, 0.15) is 18.1 Å². The van der Waals surface area contributed by atoms with Crippen molar-refractivity contribution in [1.29, 1.82) is 0 Å². The summed E-state index contributed by atoms with van der Waals surface area (Å²) in [6, 6.07) is 8.07. The Labute approximate surface area is 150 Å². The summed E-state index contributed by atoms with van der Waals surface area (Å²) in [5, 5.41) is 4.49. The van der Waals surface area contributed by atoms with Gasteiger partial charge in [-0.15, -0.1) is 0 Å². The second-order valence-corrected chi connectivity index (χ2v) is 5.76. The molecule has 0 bridgehead atoms. The quantitative estimate of drug-likeness (QED) is 0.663. The Morgan fingerprint density at radius 2 is 1.96 bits per heavy atom. The summed E-state index contributed by atoms with van der Waals surface area (Å²) in [7, 11) is 0. The molecule has 1 aromatic heterocycles. The number of nitrogens with zero attached hydrogens (tertiary/aromatic N) is 2. The Hall–Kier alpha value is -3.30. The Morgan fingerprint density at radius 1 is 1.22 bits per heavy atom. The fourth-order valence-electron chi connectivity index (χ4n) is 2.69. The van der Waals surface area contributed by atoms with Gasteiger partial charge in [0.05, 0.1) is 11.1 Å². The second-order valence-electron chi connectivity index (χ2n) is 5.76. The number of nitrogen functional groups attached to an aromatic ring is 1. The number of hydrogen-bond donors (Lipinski definition) is 2. The van der Waals surface area contributed by atoms with Gasteiger partial charge in [-0.3, -0.25) is 9.48 Å². The third kappa shape index (κ3) is 3.94. The third-order valence-electron chi connectivity index (χ3n) is 3.74. The first-order valence-electron chi connectivity index (χ1n) is 7.68. The summed E-state index contributed by atoms with van der Waals surface area (Å²) in [6.07, 6.45) is -4.57. The summed E-state index contributed by atoms with van der Waals surface area (Å²) in [4.78, 5) is 11.2. The smallest absolute Gasteiger partial charge is 0.422 e. The highest BCUT2D eigenvalue weighted by molar-refractivity contribution is 5.93. The number of benzene rings is 2. The van der Waals surface area contributed by atoms with Gasteiger partial charge >= 0.3 is 6.18 Å². The molecule has 0 unspecified atom stereocenters. The lowest BCUT2D eigenvalue weighted by molar-refractivity contribution is -0.153. The molecule has 6 nitrogen and oxygen atoms in total. The van der Waals surface area contributed by atoms with Crippen molar-refractivity contribution in [3.05, 3.63) is 42.2 Å². The van der Waals surface area contributed by atoms with Crippen LogP contribution in [0.5, 0.6) is 5.75 Å². The standard InChI is InChI=1S/C17H14F4N4O2/c18-11-2-1-3-13(27-8-17(19,20)21)15(11)9-4-5-10-12(6-9)25(7-14(22)26)24-16(10)23/h1-6H,7-8H2,(H2,22,26)(H2,23,24). The molecule has 1 amide bonds. The number of alkyl halides is 3. The van der Waals surface area contributed by atoms with E-state index in [1.54, 1.807) is 0 Å². The lowest BCUT2D eigenvalue weighted by Gasteiger charge is -2.14. The van der Waals surface area contributed by atoms with E-state index >= 15 is 0 Å². The van der Waals surface area contributed by atoms with Crippen LogP contribution in [0, 0.1) is 5.82 Å². The zero-order valence-electron chi connectivity index (χ0n) is 13.8. The van der Waals surface area contributed by atoms with E-state index in [1.165, 1.54) is 35.0 Å². The lowest BCUT2D eigenvalue weighted by atomic mass is 10.0. The molecule has 142 valence electrons. The number of anilines is 1. The fraction of sp³-hybridized carbons (Fsp3) is 0.176. The molecule has 1 heterocycles. The molecule has 0 fully saturated rings. The maximum absolute atomic E-state index is 14.4. The van der Waals surface area contributed by atoms with Gasteiger partial charge in [0.2, 0.25) is 5.91 Å². The van der Waals surface area contributed by atoms with Gasteiger partial charge in [0, 0.05) is 5.39 Å². The molecule has 0 radical (unpaired) electrons. The number of rotatable bonds is 5. The first-order valence-corrected chi connectivity index (χ1v) is 7.68. The van der Waals surface area contributed by atoms with Crippen molar-refractivity contribution < 1.29 is 27.1 Å². The van der Waals surface area contributed by atoms with Gasteiger partial charge in [0.25, 0.3) is 0 Å². The molecule has 0 aliphatic carbocycles. The van der Waals surface area contributed by atoms with E-state index in [4.69, 9.17) is 16.2 Å². The van der Waals surface area contributed by atoms with Crippen molar-refractivity contribution in [2.24, 2.45) is 5.73 Å². The van der Waals surface area contributed by atoms with Crippen LogP contribution in [0.3, 0.4) is 0 Å². The molecule has 4 N–H and O–H groups in total. The van der Waals surface area contributed by atoms with E-state index < -0.39 is 24.5 Å². The van der Waals surface area contributed by atoms with E-state index in [0.29, 0.717) is 10.9 Å². The average molecular weight is 382 g/mol. The number of hydrogen-bond acceptors (Lipinski definition) is 4. The van der Waals surface area contributed by atoms with Gasteiger partial charge in [0.15, 0.2) is 12.4 Å². The van der Waals surface area contributed by atoms with E-state index in [2.05, 4.69) is 5.10 Å². The number of nitrogens with two attached hydrogens (primary N) is 2. The predicted molar refractivity (Wildman–Crippen MR) is 90.3 cm³/mol. The molecule has 2 aromatic carbocycles. The molecule has 0 spiro atoms. The molecular formula is C17H14F4N4O2. The first-order chi connectivity index (χ1) is 12.7. The number of halogens is 4. The van der Waals surface area contributed by atoms with Crippen LogP contribution in [0.2, 0.25) is 0 Å². The zero-order chi connectivity index (χ0) is 19.8. The maximum atomic E-state index is 14.4. The van der Waals surface area contributed by atoms with Crippen molar-refractivity contribution in [2.45, 2.75) is 12.7 Å². The van der Waals surface area contributed by atoms with Crippen LogP contribution in [0.15, 0.2) is 36.4 Å². The molecular weight excluding hydrogens is 368 g/mol. The molecule has 3 rings (SSSR count). The van der Waals surface area contributed by atoms with E-state index in [1.807, 2.05) is 0 Å². The van der Waals surface area contributed by atoms with Crippen molar-refractivity contribution in [1.82, 2.24) is 9.78 Å². The number of ether oxygens (including phenoxy) is 1. The van der Waals surface area contributed by atoms with Gasteiger partial charge in [-0.1, -0.05) is 12.1 Å². The van der Waals surface area contributed by atoms with Gasteiger partial charge < -0.3 is 16.2 Å². The van der Waals surface area contributed by atoms with Crippen LogP contribution < -0.4 is 16.2 Å². The van der Waals surface area contributed by atoms with Crippen LogP contribution in [-0.4, -0.2) is 28.5 Å². The number of aromatic nitrogens is 2. The Balaban J connectivity index is 2.11. The van der Waals surface area contributed by atoms with Crippen LogP contribution in [0.1, 0.15) is 0 Å². The van der Waals surface area contributed by atoms with E-state index in [0.717, 1.165) is 6.07 Å². The topological polar surface area (TPSA) is 96.2 Å². The summed E-state index contributed by atoms with van der Waals surface area (Å²) >= 11 is 0. The maximum Gasteiger partial charge on any atom is 0.422 e. The number of primary amides is 1. The third-order valence-corrected chi connectivity index (χ3v) is 3.74. The molecule has 27 heavy (non-hydrogen) atoms. The Bertz CT molecular complexity index is 1010. The summed E-state index contributed by atoms with van der Waals surface area (Å²) in [6.45, 7) is -1.82. The van der Waals surface area contributed by atoms with Crippen molar-refractivity contribution in [3.8, 4) is 16.9 Å². The normalized spacial score (nSPS) is 11.7. The first kappa shape index (κ1) is 18.5. The highest BCUT2D eigenvalue weighted by atomic mass is 19.4. The molecule has 10 heteroatoms. The van der Waals surface area contributed by atoms with Crippen LogP contribution in [-0.2, 0) is 11.3 Å². The summed E-state index contributed by atoms with van der Waals surface area (Å²) in [5.41, 5.74) is 11.4. The average Bonchev–Trinajstić information content (AvgIpc) is 2.87. The van der Waals surface area contributed by atoms with Gasteiger partial charge in [-0.05, 0) is 29.8 Å². The largest absolute Gasteiger partial charge is 0.483 e. The molecule has 0 saturated carbocycles. The molecule has 0 aliphatic heterocycles. The van der Waals surface area contributed by atoms with Crippen molar-refractivity contribution in [2.75, 3.05) is 12.3 Å². The fourth-order valence-corrected chi connectivity index (χ4v) is 2.69. The van der Waals surface area contributed by atoms with E-state index in [9.17, 15) is 22.4 Å². The van der Waals surface area contributed by atoms with Gasteiger partial charge in [-0.25, -0.2) is 4.39 Å². The number of fused-ring (bicyclic) bond motifs is 1. The Kier molecular flexibility index (Phi) is 4.64. The van der Waals surface area contributed by atoms with Crippen molar-refractivity contribution in [3.63, 3.8) is 0 Å².